The first-order valence-corrected chi connectivity index (χ1v) is 7.00. The lowest BCUT2D eigenvalue weighted by molar-refractivity contribution is -0.146. The minimum Gasteiger partial charge on any atom is -0.466 e. The highest BCUT2D eigenvalue weighted by Gasteiger charge is 2.36. The van der Waals surface area contributed by atoms with E-state index in [2.05, 4.69) is 9.88 Å². The molecule has 1 aromatic heterocycles. The lowest BCUT2D eigenvalue weighted by Gasteiger charge is -2.39. The number of aromatic nitrogens is 1. The molecule has 0 N–H and O–H groups in total. The molecule has 0 saturated carbocycles. The second kappa shape index (κ2) is 7.33. The van der Waals surface area contributed by atoms with E-state index >= 15 is 0 Å². The van der Waals surface area contributed by atoms with Crippen molar-refractivity contribution in [1.29, 1.82) is 0 Å². The molecule has 0 radical (unpaired) electrons. The Kier molecular flexibility index (Phi) is 6.07. The van der Waals surface area contributed by atoms with Crippen LogP contribution in [0, 0.1) is 5.82 Å². The molecule has 1 aromatic rings. The summed E-state index contributed by atoms with van der Waals surface area (Å²) in [7, 11) is 0. The normalized spacial score (nSPS) is 14.1. The number of halogens is 1. The summed E-state index contributed by atoms with van der Waals surface area (Å²) in [5.74, 6) is -0.653. The summed E-state index contributed by atoms with van der Waals surface area (Å²) in [6.07, 6.45) is 1.38. The van der Waals surface area contributed by atoms with Crippen LogP contribution in [-0.4, -0.2) is 35.5 Å². The molecular weight excluding hydrogens is 259 g/mol. The molecule has 0 fully saturated rings. The Morgan fingerprint density at radius 3 is 2.45 bits per heavy atom. The van der Waals surface area contributed by atoms with Crippen LogP contribution in [0.25, 0.3) is 0 Å². The summed E-state index contributed by atoms with van der Waals surface area (Å²) in [5, 5.41) is 0. The van der Waals surface area contributed by atoms with Crippen LogP contribution in [0.15, 0.2) is 18.3 Å². The van der Waals surface area contributed by atoms with Gasteiger partial charge in [-0.3, -0.25) is 14.7 Å². The van der Waals surface area contributed by atoms with E-state index < -0.39 is 5.54 Å². The number of carbonyl (C=O) groups excluding carboxylic acids is 1. The highest BCUT2D eigenvalue weighted by Crippen LogP contribution is 2.30. The van der Waals surface area contributed by atoms with E-state index in [-0.39, 0.29) is 18.2 Å². The van der Waals surface area contributed by atoms with Gasteiger partial charge in [0.15, 0.2) is 0 Å². The lowest BCUT2D eigenvalue weighted by Crippen LogP contribution is -2.46. The van der Waals surface area contributed by atoms with E-state index in [0.717, 1.165) is 13.1 Å². The molecule has 1 atom stereocenters. The second-order valence-electron chi connectivity index (χ2n) is 4.79. The number of pyridine rings is 1. The van der Waals surface area contributed by atoms with E-state index in [9.17, 15) is 9.18 Å². The monoisotopic (exact) mass is 282 g/mol. The van der Waals surface area contributed by atoms with Crippen molar-refractivity contribution in [2.45, 2.75) is 39.7 Å². The van der Waals surface area contributed by atoms with Crippen LogP contribution in [-0.2, 0) is 15.1 Å². The third-order valence-electron chi connectivity index (χ3n) is 3.53. The molecule has 0 aliphatic rings. The number of hydrogen-bond acceptors (Lipinski definition) is 4. The first kappa shape index (κ1) is 16.6. The maximum absolute atomic E-state index is 13.1. The molecule has 0 amide bonds. The summed E-state index contributed by atoms with van der Waals surface area (Å²) >= 11 is 0. The molecule has 1 unspecified atom stereocenters. The van der Waals surface area contributed by atoms with Crippen molar-refractivity contribution in [3.63, 3.8) is 0 Å². The number of carbonyl (C=O) groups is 1. The number of rotatable bonds is 7. The van der Waals surface area contributed by atoms with Crippen molar-refractivity contribution in [2.75, 3.05) is 19.7 Å². The van der Waals surface area contributed by atoms with Crippen molar-refractivity contribution >= 4 is 5.97 Å². The Morgan fingerprint density at radius 1 is 1.35 bits per heavy atom. The zero-order valence-electron chi connectivity index (χ0n) is 12.6. The smallest absolute Gasteiger partial charge is 0.308 e. The van der Waals surface area contributed by atoms with E-state index in [1.807, 2.05) is 20.8 Å². The van der Waals surface area contributed by atoms with Gasteiger partial charge in [0.1, 0.15) is 5.82 Å². The summed E-state index contributed by atoms with van der Waals surface area (Å²) in [6, 6.07) is 3.00. The average molecular weight is 282 g/mol. The van der Waals surface area contributed by atoms with Gasteiger partial charge in [-0.1, -0.05) is 13.8 Å². The molecule has 0 spiro atoms. The summed E-state index contributed by atoms with van der Waals surface area (Å²) in [4.78, 5) is 18.2. The third kappa shape index (κ3) is 3.76. The molecular formula is C15H23FN2O2. The van der Waals surface area contributed by atoms with Crippen molar-refractivity contribution in [2.24, 2.45) is 0 Å². The first-order valence-electron chi connectivity index (χ1n) is 7.00. The Labute approximate surface area is 120 Å². The molecule has 112 valence electrons. The molecule has 0 aliphatic carbocycles. The van der Waals surface area contributed by atoms with E-state index in [1.165, 1.54) is 12.3 Å². The van der Waals surface area contributed by atoms with Crippen LogP contribution in [0.1, 0.15) is 39.8 Å². The van der Waals surface area contributed by atoms with Crippen LogP contribution in [0.5, 0.6) is 0 Å². The predicted octanol–water partition coefficient (Wildman–Crippen LogP) is 2.73. The molecule has 20 heavy (non-hydrogen) atoms. The molecule has 1 heterocycles. The molecule has 0 saturated heterocycles. The summed E-state index contributed by atoms with van der Waals surface area (Å²) < 4.78 is 18.1. The fourth-order valence-electron chi connectivity index (χ4n) is 2.47. The molecule has 0 bridgehead atoms. The standard InChI is InChI=1S/C15H23FN2O2/c1-5-18(6-2)15(4,10-14(19)20-7-3)13-9-8-12(16)11-17-13/h8-9,11H,5-7,10H2,1-4H3. The van der Waals surface area contributed by atoms with Gasteiger partial charge in [0.25, 0.3) is 0 Å². The van der Waals surface area contributed by atoms with Gasteiger partial charge in [0.05, 0.1) is 30.5 Å². The topological polar surface area (TPSA) is 42.4 Å². The van der Waals surface area contributed by atoms with Crippen LogP contribution >= 0.6 is 0 Å². The molecule has 4 nitrogen and oxygen atoms in total. The van der Waals surface area contributed by atoms with E-state index in [0.29, 0.717) is 12.3 Å². The fourth-order valence-corrected chi connectivity index (χ4v) is 2.47. The van der Waals surface area contributed by atoms with Gasteiger partial charge in [-0.15, -0.1) is 0 Å². The maximum atomic E-state index is 13.1. The zero-order chi connectivity index (χ0) is 15.2. The Hall–Kier alpha value is -1.49. The quantitative estimate of drug-likeness (QED) is 0.721. The van der Waals surface area contributed by atoms with Crippen LogP contribution in [0.3, 0.4) is 0 Å². The Morgan fingerprint density at radius 2 is 2.00 bits per heavy atom. The third-order valence-corrected chi connectivity index (χ3v) is 3.53. The SMILES string of the molecule is CCOC(=O)CC(C)(c1ccc(F)cn1)N(CC)CC. The predicted molar refractivity (Wildman–Crippen MR) is 75.7 cm³/mol. The average Bonchev–Trinajstić information content (AvgIpc) is 2.40. The van der Waals surface area contributed by atoms with Gasteiger partial charge in [-0.25, -0.2) is 4.39 Å². The zero-order valence-corrected chi connectivity index (χ0v) is 12.6. The first-order chi connectivity index (χ1) is 9.47. The largest absolute Gasteiger partial charge is 0.466 e. The number of ether oxygens (including phenoxy) is 1. The van der Waals surface area contributed by atoms with Gasteiger partial charge in [0.2, 0.25) is 0 Å². The Bertz CT molecular complexity index is 432. The number of hydrogen-bond donors (Lipinski definition) is 0. The minimum absolute atomic E-state index is 0.196. The highest BCUT2D eigenvalue weighted by molar-refractivity contribution is 5.71. The minimum atomic E-state index is -0.594. The van der Waals surface area contributed by atoms with Crippen LogP contribution in [0.2, 0.25) is 0 Å². The number of esters is 1. The van der Waals surface area contributed by atoms with Gasteiger partial charge in [-0.2, -0.15) is 0 Å². The second-order valence-corrected chi connectivity index (χ2v) is 4.79. The molecule has 0 aromatic carbocycles. The van der Waals surface area contributed by atoms with Crippen molar-refractivity contribution in [3.05, 3.63) is 29.8 Å². The van der Waals surface area contributed by atoms with E-state index in [1.54, 1.807) is 13.0 Å². The van der Waals surface area contributed by atoms with Crippen molar-refractivity contribution < 1.29 is 13.9 Å². The van der Waals surface area contributed by atoms with Crippen LogP contribution < -0.4 is 0 Å². The van der Waals surface area contributed by atoms with Crippen LogP contribution in [0.4, 0.5) is 4.39 Å². The molecule has 0 aliphatic heterocycles. The number of nitrogens with zero attached hydrogens (tertiary/aromatic N) is 2. The lowest BCUT2D eigenvalue weighted by atomic mass is 9.90. The summed E-state index contributed by atoms with van der Waals surface area (Å²) in [6.45, 7) is 9.66. The fraction of sp³-hybridized carbons (Fsp3) is 0.600. The van der Waals surface area contributed by atoms with Crippen molar-refractivity contribution in [3.8, 4) is 0 Å². The van der Waals surface area contributed by atoms with Gasteiger partial charge in [-0.05, 0) is 39.1 Å². The molecule has 1 rings (SSSR count). The highest BCUT2D eigenvalue weighted by atomic mass is 19.1. The van der Waals surface area contributed by atoms with E-state index in [4.69, 9.17) is 4.74 Å². The van der Waals surface area contributed by atoms with Gasteiger partial charge >= 0.3 is 5.97 Å². The maximum Gasteiger partial charge on any atom is 0.308 e. The molecule has 5 heteroatoms. The van der Waals surface area contributed by atoms with Crippen molar-refractivity contribution in [1.82, 2.24) is 9.88 Å². The van der Waals surface area contributed by atoms with Gasteiger partial charge < -0.3 is 4.74 Å². The van der Waals surface area contributed by atoms with Gasteiger partial charge in [0, 0.05) is 0 Å². The Balaban J connectivity index is 3.11. The summed E-state index contributed by atoms with van der Waals surface area (Å²) in [5.41, 5.74) is 0.0827.